The normalized spacial score (nSPS) is 13.9. The highest BCUT2D eigenvalue weighted by atomic mass is 19.1. The van der Waals surface area contributed by atoms with Crippen LogP contribution in [0.25, 0.3) is 6.08 Å². The number of halogens is 1. The van der Waals surface area contributed by atoms with Crippen LogP contribution in [0.5, 0.6) is 11.5 Å². The van der Waals surface area contributed by atoms with Crippen LogP contribution in [-0.4, -0.2) is 16.7 Å². The Kier molecular flexibility index (Phi) is 4.45. The molecular formula is C22H14FNO4. The molecule has 0 radical (unpaired) electrons. The molecule has 0 saturated carbocycles. The largest absolute Gasteiger partial charge is 0.452 e. The summed E-state index contributed by atoms with van der Waals surface area (Å²) in [7, 11) is 0. The van der Waals surface area contributed by atoms with Crippen LogP contribution < -0.4 is 9.47 Å². The van der Waals surface area contributed by atoms with E-state index < -0.39 is 11.8 Å². The fourth-order valence-corrected chi connectivity index (χ4v) is 2.92. The molecule has 0 fully saturated rings. The Morgan fingerprint density at radius 3 is 2.68 bits per heavy atom. The van der Waals surface area contributed by atoms with E-state index in [-0.39, 0.29) is 28.6 Å². The zero-order valence-corrected chi connectivity index (χ0v) is 14.8. The van der Waals surface area contributed by atoms with E-state index in [1.807, 2.05) is 0 Å². The van der Waals surface area contributed by atoms with Gasteiger partial charge in [0.1, 0.15) is 17.3 Å². The van der Waals surface area contributed by atoms with E-state index in [4.69, 9.17) is 9.47 Å². The van der Waals surface area contributed by atoms with Crippen LogP contribution in [0.3, 0.4) is 0 Å². The number of Topliss-reactive ketones (excluding diaryl/α,β-unsaturated/α-hetero) is 1. The van der Waals surface area contributed by atoms with Gasteiger partial charge in [0, 0.05) is 18.3 Å². The van der Waals surface area contributed by atoms with E-state index in [0.717, 1.165) is 0 Å². The number of nitrogens with zero attached hydrogens (tertiary/aromatic N) is 1. The van der Waals surface area contributed by atoms with Gasteiger partial charge >= 0.3 is 5.97 Å². The lowest BCUT2D eigenvalue weighted by atomic mass is 10.0. The summed E-state index contributed by atoms with van der Waals surface area (Å²) in [4.78, 5) is 29.0. The van der Waals surface area contributed by atoms with Crippen molar-refractivity contribution in [3.8, 4) is 11.5 Å². The number of hydrogen-bond donors (Lipinski definition) is 0. The molecule has 0 N–H and O–H groups in total. The minimum Gasteiger partial charge on any atom is -0.452 e. The molecule has 138 valence electrons. The Bertz CT molecular complexity index is 1120. The van der Waals surface area contributed by atoms with Crippen LogP contribution in [-0.2, 0) is 0 Å². The number of carbonyl (C=O) groups is 2. The number of rotatable bonds is 3. The first-order valence-electron chi connectivity index (χ1n) is 8.49. The van der Waals surface area contributed by atoms with Crippen molar-refractivity contribution in [2.24, 2.45) is 0 Å². The number of fused-ring (bicyclic) bond motifs is 1. The van der Waals surface area contributed by atoms with Gasteiger partial charge in [-0.05, 0) is 42.8 Å². The Morgan fingerprint density at radius 2 is 1.93 bits per heavy atom. The van der Waals surface area contributed by atoms with Crippen LogP contribution in [0, 0.1) is 12.7 Å². The predicted octanol–water partition coefficient (Wildman–Crippen LogP) is 4.36. The monoisotopic (exact) mass is 375 g/mol. The third-order valence-corrected chi connectivity index (χ3v) is 4.21. The molecule has 0 aliphatic carbocycles. The van der Waals surface area contributed by atoms with Gasteiger partial charge in [-0.2, -0.15) is 0 Å². The maximum absolute atomic E-state index is 13.8. The van der Waals surface area contributed by atoms with Crippen LogP contribution in [0.15, 0.2) is 66.6 Å². The van der Waals surface area contributed by atoms with E-state index in [1.54, 1.807) is 49.5 Å². The number of aromatic nitrogens is 1. The molecular weight excluding hydrogens is 361 g/mol. The molecule has 3 aromatic rings. The molecule has 0 unspecified atom stereocenters. The number of benzene rings is 2. The Morgan fingerprint density at radius 1 is 1.14 bits per heavy atom. The highest BCUT2D eigenvalue weighted by molar-refractivity contribution is 6.15. The van der Waals surface area contributed by atoms with Gasteiger partial charge in [-0.3, -0.25) is 9.78 Å². The van der Waals surface area contributed by atoms with Crippen molar-refractivity contribution < 1.29 is 23.5 Å². The summed E-state index contributed by atoms with van der Waals surface area (Å²) >= 11 is 0. The highest BCUT2D eigenvalue weighted by Gasteiger charge is 2.30. The van der Waals surface area contributed by atoms with Crippen molar-refractivity contribution in [2.75, 3.05) is 0 Å². The summed E-state index contributed by atoms with van der Waals surface area (Å²) in [6.45, 7) is 1.71. The van der Waals surface area contributed by atoms with Gasteiger partial charge in [0.15, 0.2) is 5.76 Å². The van der Waals surface area contributed by atoms with Crippen LogP contribution in [0.1, 0.15) is 32.0 Å². The predicted molar refractivity (Wildman–Crippen MR) is 99.7 cm³/mol. The second-order valence-electron chi connectivity index (χ2n) is 6.18. The fraction of sp³-hybridized carbons (Fsp3) is 0.0455. The molecule has 0 atom stereocenters. The lowest BCUT2D eigenvalue weighted by Gasteiger charge is -2.08. The van der Waals surface area contributed by atoms with Crippen molar-refractivity contribution in [3.05, 3.63) is 94.8 Å². The second kappa shape index (κ2) is 7.08. The Hall–Kier alpha value is -3.80. The van der Waals surface area contributed by atoms with E-state index >= 15 is 0 Å². The van der Waals surface area contributed by atoms with Gasteiger partial charge in [-0.15, -0.1) is 0 Å². The average Bonchev–Trinajstić information content (AvgIpc) is 2.98. The maximum atomic E-state index is 13.8. The van der Waals surface area contributed by atoms with Gasteiger partial charge < -0.3 is 9.47 Å². The fourth-order valence-electron chi connectivity index (χ4n) is 2.92. The van der Waals surface area contributed by atoms with Crippen LogP contribution in [0.4, 0.5) is 4.39 Å². The van der Waals surface area contributed by atoms with Gasteiger partial charge in [0.25, 0.3) is 0 Å². The van der Waals surface area contributed by atoms with E-state index in [9.17, 15) is 14.0 Å². The summed E-state index contributed by atoms with van der Waals surface area (Å²) in [6, 6.07) is 13.9. The van der Waals surface area contributed by atoms with Crippen LogP contribution in [0.2, 0.25) is 0 Å². The van der Waals surface area contributed by atoms with Crippen molar-refractivity contribution in [3.63, 3.8) is 0 Å². The molecule has 0 saturated heterocycles. The summed E-state index contributed by atoms with van der Waals surface area (Å²) in [5.41, 5.74) is 1.40. The molecule has 1 aliphatic heterocycles. The number of esters is 1. The van der Waals surface area contributed by atoms with E-state index in [2.05, 4.69) is 4.98 Å². The first-order chi connectivity index (χ1) is 13.5. The van der Waals surface area contributed by atoms with Crippen molar-refractivity contribution >= 4 is 17.8 Å². The zero-order valence-electron chi connectivity index (χ0n) is 14.8. The number of pyridine rings is 1. The lowest BCUT2D eigenvalue weighted by Crippen LogP contribution is -2.10. The molecule has 1 aromatic heterocycles. The number of ether oxygens (including phenoxy) is 2. The van der Waals surface area contributed by atoms with Crippen molar-refractivity contribution in [2.45, 2.75) is 6.92 Å². The zero-order chi connectivity index (χ0) is 19.7. The smallest absolute Gasteiger partial charge is 0.346 e. The van der Waals surface area contributed by atoms with Crippen molar-refractivity contribution in [1.82, 2.24) is 4.98 Å². The molecule has 0 amide bonds. The molecule has 0 bridgehead atoms. The minimum atomic E-state index is -0.828. The molecule has 1 aliphatic rings. The van der Waals surface area contributed by atoms with Gasteiger partial charge in [-0.25, -0.2) is 9.18 Å². The number of ketones is 1. The molecule has 28 heavy (non-hydrogen) atoms. The van der Waals surface area contributed by atoms with E-state index in [1.165, 1.54) is 24.3 Å². The number of allylic oxidation sites excluding steroid dienone is 1. The Balaban J connectivity index is 1.63. The molecule has 5 nitrogen and oxygen atoms in total. The summed E-state index contributed by atoms with van der Waals surface area (Å²) in [6.07, 6.45) is 3.16. The quantitative estimate of drug-likeness (QED) is 0.386. The number of hydrogen-bond acceptors (Lipinski definition) is 5. The van der Waals surface area contributed by atoms with E-state index in [0.29, 0.717) is 16.8 Å². The average molecular weight is 375 g/mol. The summed E-state index contributed by atoms with van der Waals surface area (Å²) in [5.74, 6) is -1.19. The van der Waals surface area contributed by atoms with Gasteiger partial charge in [-0.1, -0.05) is 18.2 Å². The minimum absolute atomic E-state index is 0.134. The summed E-state index contributed by atoms with van der Waals surface area (Å²) in [5, 5.41) is 0. The van der Waals surface area contributed by atoms with Crippen LogP contribution >= 0.6 is 0 Å². The molecule has 0 spiro atoms. The Labute approximate surface area is 160 Å². The lowest BCUT2D eigenvalue weighted by molar-refractivity contribution is 0.0729. The number of aryl methyl sites for hydroxylation is 1. The maximum Gasteiger partial charge on any atom is 0.346 e. The van der Waals surface area contributed by atoms with Gasteiger partial charge in [0.2, 0.25) is 5.78 Å². The first kappa shape index (κ1) is 17.6. The second-order valence-corrected chi connectivity index (χ2v) is 6.18. The third-order valence-electron chi connectivity index (χ3n) is 4.21. The standard InChI is InChI=1S/C22H14FNO4/c1-13-10-15(27-22(26)16-7-2-3-8-17(16)23)12-18-20(13)21(25)19(28-18)11-14-6-4-5-9-24-14/h2-12H,1H3/b19-11-. The highest BCUT2D eigenvalue weighted by Crippen LogP contribution is 2.37. The molecule has 2 heterocycles. The molecule has 4 rings (SSSR count). The SMILES string of the molecule is Cc1cc(OC(=O)c2ccccc2F)cc2c1C(=O)/C(=C/c1ccccn1)O2. The third kappa shape index (κ3) is 3.27. The number of carbonyl (C=O) groups excluding carboxylic acids is 2. The summed E-state index contributed by atoms with van der Waals surface area (Å²) < 4.78 is 24.7. The topological polar surface area (TPSA) is 65.5 Å². The van der Waals surface area contributed by atoms with Gasteiger partial charge in [0.05, 0.1) is 16.8 Å². The van der Waals surface area contributed by atoms with Crippen molar-refractivity contribution in [1.29, 1.82) is 0 Å². The first-order valence-corrected chi connectivity index (χ1v) is 8.49. The molecule has 2 aromatic carbocycles. The molecule has 6 heteroatoms.